The zero-order valence-corrected chi connectivity index (χ0v) is 15.4. The summed E-state index contributed by atoms with van der Waals surface area (Å²) in [6, 6.07) is 4.32. The molecule has 2 aliphatic heterocycles. The molecule has 0 aliphatic carbocycles. The lowest BCUT2D eigenvalue weighted by molar-refractivity contribution is -0.120. The van der Waals surface area contributed by atoms with Gasteiger partial charge in [0.1, 0.15) is 5.82 Å². The maximum atomic E-state index is 13.4. The SMILES string of the molecule is Cc1ccc(F)cc1NC(=O)[C@H](C)N1CC[C@@H](CN2CCCCC2)C1. The number of amides is 1. The van der Waals surface area contributed by atoms with Crippen LogP contribution in [0.4, 0.5) is 10.1 Å². The van der Waals surface area contributed by atoms with E-state index in [-0.39, 0.29) is 17.8 Å². The van der Waals surface area contributed by atoms with Gasteiger partial charge in [0.25, 0.3) is 0 Å². The highest BCUT2D eigenvalue weighted by Gasteiger charge is 2.30. The number of carbonyl (C=O) groups is 1. The van der Waals surface area contributed by atoms with E-state index in [2.05, 4.69) is 15.1 Å². The molecule has 25 heavy (non-hydrogen) atoms. The van der Waals surface area contributed by atoms with Crippen LogP contribution in [0.2, 0.25) is 0 Å². The highest BCUT2D eigenvalue weighted by Crippen LogP contribution is 2.23. The predicted octanol–water partition coefficient (Wildman–Crippen LogP) is 3.27. The van der Waals surface area contributed by atoms with Crippen LogP contribution in [0.25, 0.3) is 0 Å². The van der Waals surface area contributed by atoms with Gasteiger partial charge < -0.3 is 10.2 Å². The van der Waals surface area contributed by atoms with Crippen LogP contribution in [-0.2, 0) is 4.79 Å². The Hall–Kier alpha value is -1.46. The van der Waals surface area contributed by atoms with Gasteiger partial charge in [-0.05, 0) is 76.4 Å². The van der Waals surface area contributed by atoms with Gasteiger partial charge >= 0.3 is 0 Å². The van der Waals surface area contributed by atoms with Crippen molar-refractivity contribution in [2.75, 3.05) is 38.0 Å². The molecular formula is C20H30FN3O. The average molecular weight is 347 g/mol. The molecule has 2 atom stereocenters. The number of piperidine rings is 1. The lowest BCUT2D eigenvalue weighted by Crippen LogP contribution is -2.41. The van der Waals surface area contributed by atoms with Crippen molar-refractivity contribution in [1.82, 2.24) is 9.80 Å². The Balaban J connectivity index is 1.51. The Kier molecular flexibility index (Phi) is 6.07. The Morgan fingerprint density at radius 2 is 2.04 bits per heavy atom. The first-order valence-corrected chi connectivity index (χ1v) is 9.56. The zero-order chi connectivity index (χ0) is 17.8. The molecule has 3 rings (SSSR count). The van der Waals surface area contributed by atoms with E-state index in [1.54, 1.807) is 6.07 Å². The number of likely N-dealkylation sites (tertiary alicyclic amines) is 2. The maximum absolute atomic E-state index is 13.4. The summed E-state index contributed by atoms with van der Waals surface area (Å²) in [4.78, 5) is 17.4. The Morgan fingerprint density at radius 3 is 2.80 bits per heavy atom. The minimum Gasteiger partial charge on any atom is -0.324 e. The van der Waals surface area contributed by atoms with Crippen LogP contribution in [0.5, 0.6) is 0 Å². The van der Waals surface area contributed by atoms with Crippen molar-refractivity contribution in [3.63, 3.8) is 0 Å². The highest BCUT2D eigenvalue weighted by atomic mass is 19.1. The molecule has 1 amide bonds. The largest absolute Gasteiger partial charge is 0.324 e. The normalized spacial score (nSPS) is 23.6. The molecule has 1 aromatic rings. The molecule has 1 aromatic carbocycles. The number of anilines is 1. The van der Waals surface area contributed by atoms with E-state index in [9.17, 15) is 9.18 Å². The summed E-state index contributed by atoms with van der Waals surface area (Å²) in [6.07, 6.45) is 5.17. The fourth-order valence-corrected chi connectivity index (χ4v) is 4.00. The first-order chi connectivity index (χ1) is 12.0. The van der Waals surface area contributed by atoms with Crippen LogP contribution in [0.15, 0.2) is 18.2 Å². The van der Waals surface area contributed by atoms with Gasteiger partial charge in [-0.3, -0.25) is 9.69 Å². The summed E-state index contributed by atoms with van der Waals surface area (Å²) in [5.41, 5.74) is 1.45. The fraction of sp³-hybridized carbons (Fsp3) is 0.650. The van der Waals surface area contributed by atoms with Gasteiger partial charge in [-0.25, -0.2) is 4.39 Å². The van der Waals surface area contributed by atoms with Gasteiger partial charge in [0.15, 0.2) is 0 Å². The minimum atomic E-state index is -0.323. The van der Waals surface area contributed by atoms with E-state index in [1.165, 1.54) is 44.5 Å². The molecule has 2 heterocycles. The fourth-order valence-electron chi connectivity index (χ4n) is 4.00. The van der Waals surface area contributed by atoms with E-state index in [0.717, 1.165) is 31.6 Å². The number of nitrogens with one attached hydrogen (secondary N) is 1. The Morgan fingerprint density at radius 1 is 1.28 bits per heavy atom. The van der Waals surface area contributed by atoms with Gasteiger partial charge in [0.05, 0.1) is 6.04 Å². The monoisotopic (exact) mass is 347 g/mol. The van der Waals surface area contributed by atoms with Crippen LogP contribution >= 0.6 is 0 Å². The third kappa shape index (κ3) is 4.79. The zero-order valence-electron chi connectivity index (χ0n) is 15.4. The van der Waals surface area contributed by atoms with Crippen molar-refractivity contribution in [2.45, 2.75) is 45.6 Å². The standard InChI is InChI=1S/C20H30FN3O/c1-15-6-7-18(21)12-19(15)22-20(25)16(2)24-11-8-17(14-24)13-23-9-4-3-5-10-23/h6-7,12,16-17H,3-5,8-11,13-14H2,1-2H3,(H,22,25)/t16-,17-/m0/s1. The van der Waals surface area contributed by atoms with Gasteiger partial charge in [0.2, 0.25) is 5.91 Å². The predicted molar refractivity (Wildman–Crippen MR) is 99.2 cm³/mol. The summed E-state index contributed by atoms with van der Waals surface area (Å²) in [5.74, 6) is 0.285. The van der Waals surface area contributed by atoms with Gasteiger partial charge in [-0.1, -0.05) is 12.5 Å². The van der Waals surface area contributed by atoms with Crippen molar-refractivity contribution in [3.05, 3.63) is 29.6 Å². The van der Waals surface area contributed by atoms with Gasteiger partial charge in [-0.2, -0.15) is 0 Å². The van der Waals surface area contributed by atoms with E-state index in [4.69, 9.17) is 0 Å². The first kappa shape index (κ1) is 18.3. The average Bonchev–Trinajstić information content (AvgIpc) is 3.06. The first-order valence-electron chi connectivity index (χ1n) is 9.56. The molecule has 4 nitrogen and oxygen atoms in total. The van der Waals surface area contributed by atoms with Crippen LogP contribution < -0.4 is 5.32 Å². The second-order valence-corrected chi connectivity index (χ2v) is 7.64. The minimum absolute atomic E-state index is 0.0488. The molecule has 2 fully saturated rings. The molecule has 138 valence electrons. The van der Waals surface area contributed by atoms with Crippen molar-refractivity contribution >= 4 is 11.6 Å². The molecule has 0 spiro atoms. The number of benzene rings is 1. The number of carbonyl (C=O) groups excluding carboxylic acids is 1. The van der Waals surface area contributed by atoms with E-state index >= 15 is 0 Å². The van der Waals surface area contributed by atoms with Crippen molar-refractivity contribution in [1.29, 1.82) is 0 Å². The lowest BCUT2D eigenvalue weighted by atomic mass is 10.1. The molecule has 0 unspecified atom stereocenters. The summed E-state index contributed by atoms with van der Waals surface area (Å²) in [6.45, 7) is 9.39. The molecule has 0 aromatic heterocycles. The molecular weight excluding hydrogens is 317 g/mol. The number of hydrogen-bond acceptors (Lipinski definition) is 3. The summed E-state index contributed by atoms with van der Waals surface area (Å²) >= 11 is 0. The summed E-state index contributed by atoms with van der Waals surface area (Å²) in [5, 5.41) is 2.89. The smallest absolute Gasteiger partial charge is 0.241 e. The highest BCUT2D eigenvalue weighted by molar-refractivity contribution is 5.95. The third-order valence-electron chi connectivity index (χ3n) is 5.67. The van der Waals surface area contributed by atoms with Gasteiger partial charge in [-0.15, -0.1) is 0 Å². The molecule has 2 aliphatic rings. The Labute approximate surface area is 150 Å². The lowest BCUT2D eigenvalue weighted by Gasteiger charge is -2.29. The molecule has 1 N–H and O–H groups in total. The summed E-state index contributed by atoms with van der Waals surface area (Å²) in [7, 11) is 0. The molecule has 0 radical (unpaired) electrons. The second-order valence-electron chi connectivity index (χ2n) is 7.64. The van der Waals surface area contributed by atoms with E-state index in [1.807, 2.05) is 13.8 Å². The van der Waals surface area contributed by atoms with Crippen LogP contribution in [0.3, 0.4) is 0 Å². The molecule has 0 bridgehead atoms. The quantitative estimate of drug-likeness (QED) is 0.888. The third-order valence-corrected chi connectivity index (χ3v) is 5.67. The number of halogens is 1. The Bertz CT molecular complexity index is 601. The van der Waals surface area contributed by atoms with Crippen LogP contribution in [0, 0.1) is 18.7 Å². The van der Waals surface area contributed by atoms with E-state index in [0.29, 0.717) is 11.6 Å². The van der Waals surface area contributed by atoms with Crippen LogP contribution in [-0.4, -0.2) is 54.5 Å². The molecule has 0 saturated carbocycles. The second kappa shape index (κ2) is 8.28. The van der Waals surface area contributed by atoms with E-state index < -0.39 is 0 Å². The number of hydrogen-bond donors (Lipinski definition) is 1. The molecule has 5 heteroatoms. The maximum Gasteiger partial charge on any atom is 0.241 e. The van der Waals surface area contributed by atoms with Gasteiger partial charge in [0, 0.05) is 18.8 Å². The number of nitrogens with zero attached hydrogens (tertiary/aromatic N) is 2. The summed E-state index contributed by atoms with van der Waals surface area (Å²) < 4.78 is 13.4. The van der Waals surface area contributed by atoms with Crippen molar-refractivity contribution < 1.29 is 9.18 Å². The number of aryl methyl sites for hydroxylation is 1. The van der Waals surface area contributed by atoms with Crippen molar-refractivity contribution in [2.24, 2.45) is 5.92 Å². The van der Waals surface area contributed by atoms with Crippen LogP contribution in [0.1, 0.15) is 38.2 Å². The van der Waals surface area contributed by atoms with Crippen molar-refractivity contribution in [3.8, 4) is 0 Å². The number of rotatable bonds is 5. The topological polar surface area (TPSA) is 35.6 Å². The molecule has 2 saturated heterocycles.